The highest BCUT2D eigenvalue weighted by molar-refractivity contribution is 7.98. The lowest BCUT2D eigenvalue weighted by Crippen LogP contribution is -2.57. The molecular weight excluding hydrogens is 414 g/mol. The summed E-state index contributed by atoms with van der Waals surface area (Å²) in [6, 6.07) is -3.57. The monoisotopic (exact) mass is 445 g/mol. The van der Waals surface area contributed by atoms with Crippen LogP contribution in [0.3, 0.4) is 0 Å². The summed E-state index contributed by atoms with van der Waals surface area (Å²) in [5.74, 6) is -2.91. The van der Waals surface area contributed by atoms with Gasteiger partial charge in [0.25, 0.3) is 0 Å². The molecule has 0 radical (unpaired) electrons. The molecule has 1 fully saturated rings. The summed E-state index contributed by atoms with van der Waals surface area (Å²) in [5, 5.41) is 19.5. The number of carboxylic acid groups (broad SMARTS) is 1. The first-order chi connectivity index (χ1) is 14.1. The predicted octanol–water partition coefficient (Wildman–Crippen LogP) is -1.68. The van der Waals surface area contributed by atoms with Gasteiger partial charge in [0.1, 0.15) is 18.1 Å². The first-order valence-corrected chi connectivity index (χ1v) is 11.2. The fraction of sp³-hybridized carbons (Fsp3) is 0.722. The zero-order chi connectivity index (χ0) is 22.7. The molecule has 12 heteroatoms. The van der Waals surface area contributed by atoms with E-state index in [0.29, 0.717) is 18.6 Å². The van der Waals surface area contributed by atoms with Crippen LogP contribution >= 0.6 is 11.8 Å². The van der Waals surface area contributed by atoms with Crippen molar-refractivity contribution in [2.45, 2.75) is 63.2 Å². The van der Waals surface area contributed by atoms with Crippen molar-refractivity contribution in [3.8, 4) is 0 Å². The van der Waals surface area contributed by atoms with Gasteiger partial charge in [0.05, 0.1) is 6.04 Å². The molecule has 0 aromatic rings. The number of nitrogens with one attached hydrogen (secondary N) is 4. The summed E-state index contributed by atoms with van der Waals surface area (Å²) in [4.78, 5) is 59.8. The van der Waals surface area contributed by atoms with Crippen molar-refractivity contribution in [2.75, 3.05) is 18.6 Å². The van der Waals surface area contributed by atoms with Crippen molar-refractivity contribution in [3.63, 3.8) is 0 Å². The number of hydrogen-bond donors (Lipinski definition) is 6. The lowest BCUT2D eigenvalue weighted by atomic mass is 10.1. The molecule has 1 rings (SSSR count). The fourth-order valence-electron chi connectivity index (χ4n) is 2.89. The number of aliphatic carboxylic acids is 1. The summed E-state index contributed by atoms with van der Waals surface area (Å²) >= 11 is 1.51. The Balaban J connectivity index is 2.84. The smallest absolute Gasteiger partial charge is 0.325 e. The maximum atomic E-state index is 12.8. The number of amides is 4. The van der Waals surface area contributed by atoms with Crippen molar-refractivity contribution < 1.29 is 29.1 Å². The minimum atomic E-state index is -1.24. The quantitative estimate of drug-likeness (QED) is 0.194. The summed E-state index contributed by atoms with van der Waals surface area (Å²) in [5.41, 5.74) is 5.14. The topological polar surface area (TPSA) is 180 Å². The Morgan fingerprint density at radius 3 is 2.27 bits per heavy atom. The van der Waals surface area contributed by atoms with E-state index in [1.54, 1.807) is 0 Å². The van der Waals surface area contributed by atoms with Gasteiger partial charge in [-0.2, -0.15) is 11.8 Å². The number of carboxylic acids is 1. The largest absolute Gasteiger partial charge is 0.480 e. The van der Waals surface area contributed by atoms with Crippen molar-refractivity contribution in [2.24, 2.45) is 5.73 Å². The number of primary amides is 1. The Morgan fingerprint density at radius 1 is 1.10 bits per heavy atom. The lowest BCUT2D eigenvalue weighted by molar-refractivity contribution is -0.142. The van der Waals surface area contributed by atoms with E-state index >= 15 is 0 Å². The van der Waals surface area contributed by atoms with Crippen LogP contribution in [0.2, 0.25) is 0 Å². The summed E-state index contributed by atoms with van der Waals surface area (Å²) < 4.78 is 0. The van der Waals surface area contributed by atoms with Gasteiger partial charge in [0, 0.05) is 6.42 Å². The molecule has 0 spiro atoms. The van der Waals surface area contributed by atoms with E-state index in [1.165, 1.54) is 18.7 Å². The van der Waals surface area contributed by atoms with E-state index in [1.807, 2.05) is 6.26 Å². The van der Waals surface area contributed by atoms with Crippen LogP contribution in [0.1, 0.15) is 39.0 Å². The van der Waals surface area contributed by atoms with Crippen molar-refractivity contribution in [1.82, 2.24) is 21.3 Å². The zero-order valence-corrected chi connectivity index (χ0v) is 18.0. The molecule has 4 unspecified atom stereocenters. The number of rotatable bonds is 13. The van der Waals surface area contributed by atoms with E-state index < -0.39 is 41.8 Å². The molecule has 30 heavy (non-hydrogen) atoms. The van der Waals surface area contributed by atoms with Crippen LogP contribution in [-0.2, 0) is 24.0 Å². The third-order valence-electron chi connectivity index (χ3n) is 4.66. The van der Waals surface area contributed by atoms with Crippen LogP contribution in [0.4, 0.5) is 0 Å². The average Bonchev–Trinajstić information content (AvgIpc) is 3.22. The second-order valence-electron chi connectivity index (χ2n) is 7.13. The lowest BCUT2D eigenvalue weighted by Gasteiger charge is -2.24. The maximum absolute atomic E-state index is 12.8. The average molecular weight is 446 g/mol. The van der Waals surface area contributed by atoms with Crippen LogP contribution in [0.5, 0.6) is 0 Å². The van der Waals surface area contributed by atoms with Gasteiger partial charge in [-0.25, -0.2) is 0 Å². The van der Waals surface area contributed by atoms with Gasteiger partial charge in [-0.3, -0.25) is 24.0 Å². The fourth-order valence-corrected chi connectivity index (χ4v) is 3.36. The summed E-state index contributed by atoms with van der Waals surface area (Å²) in [6.45, 7) is 2.01. The molecule has 0 aliphatic carbocycles. The number of hydrogen-bond acceptors (Lipinski definition) is 7. The Kier molecular flexibility index (Phi) is 11.2. The second kappa shape index (κ2) is 13.1. The Labute approximate surface area is 179 Å². The number of carbonyl (C=O) groups excluding carboxylic acids is 4. The van der Waals surface area contributed by atoms with E-state index in [4.69, 9.17) is 10.8 Å². The van der Waals surface area contributed by atoms with Gasteiger partial charge in [0.2, 0.25) is 23.6 Å². The molecule has 7 N–H and O–H groups in total. The molecule has 0 aromatic carbocycles. The summed E-state index contributed by atoms with van der Waals surface area (Å²) in [6.07, 6.45) is 3.50. The van der Waals surface area contributed by atoms with Gasteiger partial charge in [0.15, 0.2) is 0 Å². The van der Waals surface area contributed by atoms with Crippen LogP contribution in [0.15, 0.2) is 0 Å². The minimum absolute atomic E-state index is 0.0907. The minimum Gasteiger partial charge on any atom is -0.480 e. The molecule has 0 saturated carbocycles. The molecular formula is C18H31N5O6S. The molecule has 11 nitrogen and oxygen atoms in total. The van der Waals surface area contributed by atoms with E-state index in [0.717, 1.165) is 13.0 Å². The first kappa shape index (κ1) is 25.7. The molecule has 0 aromatic heterocycles. The zero-order valence-electron chi connectivity index (χ0n) is 17.2. The second-order valence-corrected chi connectivity index (χ2v) is 8.11. The van der Waals surface area contributed by atoms with E-state index in [-0.39, 0.29) is 24.8 Å². The van der Waals surface area contributed by atoms with Gasteiger partial charge in [-0.1, -0.05) is 0 Å². The highest BCUT2D eigenvalue weighted by Crippen LogP contribution is 2.08. The number of nitrogens with two attached hydrogens (primary N) is 1. The maximum Gasteiger partial charge on any atom is 0.325 e. The van der Waals surface area contributed by atoms with Gasteiger partial charge < -0.3 is 32.1 Å². The van der Waals surface area contributed by atoms with Crippen molar-refractivity contribution in [3.05, 3.63) is 0 Å². The third-order valence-corrected chi connectivity index (χ3v) is 5.31. The first-order valence-electron chi connectivity index (χ1n) is 9.80. The predicted molar refractivity (Wildman–Crippen MR) is 112 cm³/mol. The Hall–Kier alpha value is -2.34. The molecule has 1 saturated heterocycles. The summed E-state index contributed by atoms with van der Waals surface area (Å²) in [7, 11) is 0. The molecule has 1 aliphatic heterocycles. The van der Waals surface area contributed by atoms with Crippen LogP contribution in [-0.4, -0.2) is 77.4 Å². The van der Waals surface area contributed by atoms with E-state index in [2.05, 4.69) is 21.3 Å². The Morgan fingerprint density at radius 2 is 1.73 bits per heavy atom. The normalized spacial score (nSPS) is 18.7. The molecule has 0 bridgehead atoms. The SMILES string of the molecule is CSCCC(NC(=O)C1CCCN1)C(=O)NC(CCC(N)=O)C(=O)NC(C)C(=O)O. The number of thioether (sulfide) groups is 1. The molecule has 1 aliphatic rings. The van der Waals surface area contributed by atoms with E-state index in [9.17, 15) is 24.0 Å². The molecule has 1 heterocycles. The molecule has 170 valence electrons. The van der Waals surface area contributed by atoms with Gasteiger partial charge >= 0.3 is 5.97 Å². The van der Waals surface area contributed by atoms with Gasteiger partial charge in [-0.05, 0) is 51.2 Å². The molecule has 4 amide bonds. The Bertz CT molecular complexity index is 641. The third kappa shape index (κ3) is 8.99. The van der Waals surface area contributed by atoms with Crippen molar-refractivity contribution >= 4 is 41.4 Å². The van der Waals surface area contributed by atoms with Crippen LogP contribution < -0.4 is 27.0 Å². The molecule has 4 atom stereocenters. The van der Waals surface area contributed by atoms with Crippen LogP contribution in [0, 0.1) is 0 Å². The van der Waals surface area contributed by atoms with Gasteiger partial charge in [-0.15, -0.1) is 0 Å². The van der Waals surface area contributed by atoms with Crippen molar-refractivity contribution in [1.29, 1.82) is 0 Å². The highest BCUT2D eigenvalue weighted by atomic mass is 32.2. The van der Waals surface area contributed by atoms with Crippen LogP contribution in [0.25, 0.3) is 0 Å². The highest BCUT2D eigenvalue weighted by Gasteiger charge is 2.30. The standard InChI is InChI=1S/C18H31N5O6S/c1-10(18(28)29)21-16(26)12(5-6-14(19)24)22-17(27)13(7-9-30-2)23-15(25)11-4-3-8-20-11/h10-13,20H,3-9H2,1-2H3,(H2,19,24)(H,21,26)(H,22,27)(H,23,25)(H,28,29). The number of carbonyl (C=O) groups is 5.